The number of phenols is 1. The summed E-state index contributed by atoms with van der Waals surface area (Å²) >= 11 is 0. The number of benzene rings is 2. The van der Waals surface area contributed by atoms with E-state index in [1.807, 2.05) is 23.1 Å². The number of rotatable bonds is 5. The molecule has 0 radical (unpaired) electrons. The van der Waals surface area contributed by atoms with Crippen molar-refractivity contribution >= 4 is 22.3 Å². The van der Waals surface area contributed by atoms with Gasteiger partial charge in [0.1, 0.15) is 23.8 Å². The van der Waals surface area contributed by atoms with Crippen LogP contribution in [0.3, 0.4) is 0 Å². The van der Waals surface area contributed by atoms with Crippen LogP contribution in [-0.4, -0.2) is 58.4 Å². The maximum Gasteiger partial charge on any atom is 0.318 e. The summed E-state index contributed by atoms with van der Waals surface area (Å²) in [5.41, 5.74) is 7.85. The second-order valence-corrected chi connectivity index (χ2v) is 8.65. The van der Waals surface area contributed by atoms with Crippen molar-refractivity contribution in [2.24, 2.45) is 0 Å². The Morgan fingerprint density at radius 1 is 1.23 bits per heavy atom. The minimum absolute atomic E-state index is 0.237. The molecule has 0 amide bonds. The van der Waals surface area contributed by atoms with E-state index < -0.39 is 5.67 Å². The third-order valence-electron chi connectivity index (χ3n) is 5.99. The minimum Gasteiger partial charge on any atom is -0.508 e. The molecule has 8 heteroatoms. The molecule has 7 nitrogen and oxygen atoms in total. The average molecular weight is 423 g/mol. The summed E-state index contributed by atoms with van der Waals surface area (Å²) in [4.78, 5) is 13.1. The molecule has 1 fully saturated rings. The lowest BCUT2D eigenvalue weighted by Crippen LogP contribution is -2.57. The molecular formula is C23H26FN5O2. The van der Waals surface area contributed by atoms with E-state index in [2.05, 4.69) is 20.9 Å². The lowest BCUT2D eigenvalue weighted by Gasteiger charge is -2.41. The molecule has 2 aliphatic heterocycles. The summed E-state index contributed by atoms with van der Waals surface area (Å²) in [7, 11) is 0. The standard InChI is InChI=1S/C23H26FN5O2/c1-23(24)13-28(14-23)8-9-31-22-26-19-12-29(7-6-18(19)21(25)27-22)20-11-16(30)10-15-4-2-3-5-17(15)20/h2-5,10-11,30H,6-9,12-14H2,1H3,(H2,25,26,27). The number of nitrogens with zero attached hydrogens (tertiary/aromatic N) is 4. The molecule has 0 bridgehead atoms. The Hall–Kier alpha value is -3.13. The number of hydrogen-bond acceptors (Lipinski definition) is 7. The second kappa shape index (κ2) is 7.53. The van der Waals surface area contributed by atoms with Crippen LogP contribution in [0.5, 0.6) is 11.8 Å². The SMILES string of the molecule is CC1(F)CN(CCOc2nc(N)c3c(n2)CN(c2cc(O)cc4ccccc24)CC3)C1. The predicted octanol–water partition coefficient (Wildman–Crippen LogP) is 2.90. The molecule has 0 unspecified atom stereocenters. The molecule has 1 aromatic heterocycles. The Kier molecular flexibility index (Phi) is 4.81. The van der Waals surface area contributed by atoms with Crippen LogP contribution in [0, 0.1) is 0 Å². The number of likely N-dealkylation sites (tertiary alicyclic amines) is 1. The van der Waals surface area contributed by atoms with Crippen molar-refractivity contribution in [3.63, 3.8) is 0 Å². The van der Waals surface area contributed by atoms with Crippen molar-refractivity contribution in [1.82, 2.24) is 14.9 Å². The van der Waals surface area contributed by atoms with Gasteiger partial charge in [-0.25, -0.2) is 4.39 Å². The predicted molar refractivity (Wildman–Crippen MR) is 118 cm³/mol. The highest BCUT2D eigenvalue weighted by atomic mass is 19.1. The van der Waals surface area contributed by atoms with Gasteiger partial charge in [0.15, 0.2) is 0 Å². The van der Waals surface area contributed by atoms with Gasteiger partial charge >= 0.3 is 6.01 Å². The number of halogens is 1. The Morgan fingerprint density at radius 2 is 2.03 bits per heavy atom. The van der Waals surface area contributed by atoms with Gasteiger partial charge < -0.3 is 20.5 Å². The van der Waals surface area contributed by atoms with Crippen LogP contribution < -0.4 is 15.4 Å². The Morgan fingerprint density at radius 3 is 2.84 bits per heavy atom. The van der Waals surface area contributed by atoms with Crippen LogP contribution >= 0.6 is 0 Å². The number of aromatic nitrogens is 2. The molecule has 0 atom stereocenters. The van der Waals surface area contributed by atoms with Crippen molar-refractivity contribution < 1.29 is 14.2 Å². The number of nitrogens with two attached hydrogens (primary N) is 1. The third kappa shape index (κ3) is 3.95. The number of fused-ring (bicyclic) bond motifs is 2. The van der Waals surface area contributed by atoms with E-state index in [4.69, 9.17) is 10.5 Å². The zero-order valence-corrected chi connectivity index (χ0v) is 17.5. The van der Waals surface area contributed by atoms with Crippen LogP contribution in [0.15, 0.2) is 36.4 Å². The topological polar surface area (TPSA) is 87.7 Å². The minimum atomic E-state index is -1.09. The van der Waals surface area contributed by atoms with Crippen molar-refractivity contribution in [2.45, 2.75) is 25.6 Å². The lowest BCUT2D eigenvalue weighted by atomic mass is 9.99. The van der Waals surface area contributed by atoms with Crippen molar-refractivity contribution in [3.05, 3.63) is 47.7 Å². The Balaban J connectivity index is 1.34. The van der Waals surface area contributed by atoms with E-state index in [-0.39, 0.29) is 11.8 Å². The zero-order valence-electron chi connectivity index (χ0n) is 17.5. The fraction of sp³-hybridized carbons (Fsp3) is 0.391. The Labute approximate surface area is 180 Å². The van der Waals surface area contributed by atoms with Gasteiger partial charge in [0.25, 0.3) is 0 Å². The summed E-state index contributed by atoms with van der Waals surface area (Å²) in [5, 5.41) is 12.3. The highest BCUT2D eigenvalue weighted by molar-refractivity contribution is 5.95. The molecule has 3 heterocycles. The zero-order chi connectivity index (χ0) is 21.6. The normalized spacial score (nSPS) is 17.9. The van der Waals surface area contributed by atoms with Gasteiger partial charge in [0.2, 0.25) is 0 Å². The number of nitrogen functional groups attached to an aromatic ring is 1. The first-order valence-electron chi connectivity index (χ1n) is 10.5. The van der Waals surface area contributed by atoms with Gasteiger partial charge in [0, 0.05) is 48.9 Å². The number of phenolic OH excluding ortho intramolecular Hbond substituents is 1. The molecule has 3 aromatic rings. The van der Waals surface area contributed by atoms with E-state index >= 15 is 0 Å². The Bertz CT molecular complexity index is 1130. The quantitative estimate of drug-likeness (QED) is 0.652. The fourth-order valence-corrected chi connectivity index (χ4v) is 4.55. The smallest absolute Gasteiger partial charge is 0.318 e. The third-order valence-corrected chi connectivity index (χ3v) is 5.99. The van der Waals surface area contributed by atoms with Crippen LogP contribution in [0.2, 0.25) is 0 Å². The first-order valence-corrected chi connectivity index (χ1v) is 10.5. The van der Waals surface area contributed by atoms with E-state index in [0.29, 0.717) is 45.0 Å². The van der Waals surface area contributed by atoms with Crippen LogP contribution in [0.4, 0.5) is 15.9 Å². The molecule has 2 aliphatic rings. The van der Waals surface area contributed by atoms with Gasteiger partial charge in [-0.2, -0.15) is 9.97 Å². The summed E-state index contributed by atoms with van der Waals surface area (Å²) in [6.45, 7) is 4.78. The van der Waals surface area contributed by atoms with Gasteiger partial charge in [-0.15, -0.1) is 0 Å². The first-order chi connectivity index (χ1) is 14.9. The molecule has 5 rings (SSSR count). The number of anilines is 2. The van der Waals surface area contributed by atoms with Crippen molar-refractivity contribution in [2.75, 3.05) is 43.4 Å². The first kappa shape index (κ1) is 19.8. The maximum absolute atomic E-state index is 13.6. The lowest BCUT2D eigenvalue weighted by molar-refractivity contribution is -0.0233. The van der Waals surface area contributed by atoms with Crippen LogP contribution in [0.1, 0.15) is 18.2 Å². The molecule has 2 aromatic carbocycles. The maximum atomic E-state index is 13.6. The van der Waals surface area contributed by atoms with E-state index in [1.54, 1.807) is 19.1 Å². The molecule has 1 saturated heterocycles. The molecule has 31 heavy (non-hydrogen) atoms. The number of aromatic hydroxyl groups is 1. The van der Waals surface area contributed by atoms with E-state index in [9.17, 15) is 9.50 Å². The summed E-state index contributed by atoms with van der Waals surface area (Å²) in [5.74, 6) is 0.682. The molecule has 0 aliphatic carbocycles. The highest BCUT2D eigenvalue weighted by Crippen LogP contribution is 2.35. The molecular weight excluding hydrogens is 397 g/mol. The fourth-order valence-electron chi connectivity index (χ4n) is 4.55. The highest BCUT2D eigenvalue weighted by Gasteiger charge is 2.38. The molecule has 162 valence electrons. The monoisotopic (exact) mass is 423 g/mol. The summed E-state index contributed by atoms with van der Waals surface area (Å²) in [6, 6.07) is 11.8. The van der Waals surface area contributed by atoms with Gasteiger partial charge in [-0.1, -0.05) is 24.3 Å². The van der Waals surface area contributed by atoms with Gasteiger partial charge in [-0.3, -0.25) is 4.90 Å². The second-order valence-electron chi connectivity index (χ2n) is 8.65. The number of alkyl halides is 1. The van der Waals surface area contributed by atoms with Crippen molar-refractivity contribution in [3.8, 4) is 11.8 Å². The summed E-state index contributed by atoms with van der Waals surface area (Å²) < 4.78 is 19.3. The van der Waals surface area contributed by atoms with Crippen LogP contribution in [-0.2, 0) is 13.0 Å². The molecule has 0 spiro atoms. The molecule has 0 saturated carbocycles. The average Bonchev–Trinajstić information content (AvgIpc) is 2.71. The number of hydrogen-bond donors (Lipinski definition) is 2. The van der Waals surface area contributed by atoms with Gasteiger partial charge in [0.05, 0.1) is 12.2 Å². The largest absolute Gasteiger partial charge is 0.508 e. The number of ether oxygens (including phenoxy) is 1. The van der Waals surface area contributed by atoms with Crippen LogP contribution in [0.25, 0.3) is 10.8 Å². The molecule has 3 N–H and O–H groups in total. The van der Waals surface area contributed by atoms with E-state index in [1.165, 1.54) is 0 Å². The van der Waals surface area contributed by atoms with Gasteiger partial charge in [-0.05, 0) is 24.8 Å². The van der Waals surface area contributed by atoms with E-state index in [0.717, 1.165) is 34.3 Å². The summed E-state index contributed by atoms with van der Waals surface area (Å²) in [6.07, 6.45) is 0.717. The van der Waals surface area contributed by atoms with Crippen molar-refractivity contribution in [1.29, 1.82) is 0 Å².